The van der Waals surface area contributed by atoms with Gasteiger partial charge >= 0.3 is 5.97 Å². The van der Waals surface area contributed by atoms with Crippen LogP contribution in [0.1, 0.15) is 39.0 Å². The van der Waals surface area contributed by atoms with E-state index < -0.39 is 5.97 Å². The number of nitrogens with two attached hydrogens (primary N) is 1. The van der Waals surface area contributed by atoms with Crippen molar-refractivity contribution in [1.29, 1.82) is 0 Å². The van der Waals surface area contributed by atoms with Gasteiger partial charge in [-0.1, -0.05) is 6.42 Å². The summed E-state index contributed by atoms with van der Waals surface area (Å²) in [5.74, 6) is -0.272. The topological polar surface area (TPSA) is 61.5 Å². The Morgan fingerprint density at radius 3 is 2.67 bits per heavy atom. The third kappa shape index (κ3) is 4.72. The molecule has 4 nitrogen and oxygen atoms in total. The summed E-state index contributed by atoms with van der Waals surface area (Å²) in [4.78, 5) is 11.3. The van der Waals surface area contributed by atoms with Crippen molar-refractivity contribution in [3.63, 3.8) is 0 Å². The van der Waals surface area contributed by atoms with E-state index in [2.05, 4.69) is 0 Å². The predicted octanol–water partition coefficient (Wildman–Crippen LogP) is 1.70. The Kier molecular flexibility index (Phi) is 5.01. The normalized spacial score (nSPS) is 18.6. The third-order valence-corrected chi connectivity index (χ3v) is 2.41. The van der Waals surface area contributed by atoms with Gasteiger partial charge in [-0.3, -0.25) is 0 Å². The van der Waals surface area contributed by atoms with Gasteiger partial charge in [0.1, 0.15) is 6.10 Å². The van der Waals surface area contributed by atoms with Gasteiger partial charge in [0.2, 0.25) is 0 Å². The van der Waals surface area contributed by atoms with Gasteiger partial charge in [0.05, 0.1) is 12.7 Å². The second-order valence-electron chi connectivity index (χ2n) is 3.68. The second-order valence-corrected chi connectivity index (χ2v) is 3.68. The first-order valence-electron chi connectivity index (χ1n) is 5.53. The Morgan fingerprint density at radius 2 is 2.07 bits per heavy atom. The number of carbonyl (C=O) groups excluding carboxylic acids is 1. The Balaban J connectivity index is 2.30. The molecule has 4 heteroatoms. The minimum Gasteiger partial charge on any atom is -0.479 e. The van der Waals surface area contributed by atoms with Crippen molar-refractivity contribution >= 4 is 5.97 Å². The van der Waals surface area contributed by atoms with Crippen molar-refractivity contribution in [3.8, 4) is 0 Å². The van der Waals surface area contributed by atoms with Crippen molar-refractivity contribution in [2.45, 2.75) is 45.1 Å². The van der Waals surface area contributed by atoms with Crippen molar-refractivity contribution < 1.29 is 14.3 Å². The average molecular weight is 213 g/mol. The van der Waals surface area contributed by atoms with E-state index in [1.54, 1.807) is 0 Å². The average Bonchev–Trinajstić information content (AvgIpc) is 2.19. The molecule has 0 aromatic heterocycles. The lowest BCUT2D eigenvalue weighted by molar-refractivity contribution is -0.144. The molecule has 1 fully saturated rings. The molecule has 0 aromatic carbocycles. The summed E-state index contributed by atoms with van der Waals surface area (Å²) < 4.78 is 10.2. The van der Waals surface area contributed by atoms with Crippen LogP contribution in [0, 0.1) is 0 Å². The molecule has 1 rings (SSSR count). The second kappa shape index (κ2) is 6.32. The largest absolute Gasteiger partial charge is 0.479 e. The maximum absolute atomic E-state index is 11.3. The van der Waals surface area contributed by atoms with E-state index in [4.69, 9.17) is 15.2 Å². The highest BCUT2D eigenvalue weighted by Crippen LogP contribution is 2.20. The fraction of sp³-hybridized carbons (Fsp3) is 0.727. The SMILES string of the molecule is CCOC(N)=CC(=O)OC1CCCCC1. The number of esters is 1. The van der Waals surface area contributed by atoms with Gasteiger partial charge in [-0.05, 0) is 32.6 Å². The molecule has 1 aliphatic carbocycles. The molecule has 0 amide bonds. The maximum atomic E-state index is 11.3. The van der Waals surface area contributed by atoms with E-state index in [-0.39, 0.29) is 12.0 Å². The van der Waals surface area contributed by atoms with Crippen LogP contribution in [0.3, 0.4) is 0 Å². The van der Waals surface area contributed by atoms with Crippen LogP contribution in [0.4, 0.5) is 0 Å². The lowest BCUT2D eigenvalue weighted by Gasteiger charge is -2.21. The lowest BCUT2D eigenvalue weighted by Crippen LogP contribution is -2.20. The highest BCUT2D eigenvalue weighted by molar-refractivity contribution is 5.82. The highest BCUT2D eigenvalue weighted by atomic mass is 16.5. The van der Waals surface area contributed by atoms with E-state index in [9.17, 15) is 4.79 Å². The molecular formula is C11H19NO3. The van der Waals surface area contributed by atoms with E-state index in [0.717, 1.165) is 25.7 Å². The number of ether oxygens (including phenoxy) is 2. The number of hydrogen-bond acceptors (Lipinski definition) is 4. The zero-order valence-electron chi connectivity index (χ0n) is 9.20. The summed E-state index contributed by atoms with van der Waals surface area (Å²) in [6.45, 7) is 2.27. The minimum absolute atomic E-state index is 0.0666. The molecule has 0 spiro atoms. The van der Waals surface area contributed by atoms with Crippen LogP contribution >= 0.6 is 0 Å². The molecule has 0 atom stereocenters. The van der Waals surface area contributed by atoms with Gasteiger partial charge < -0.3 is 15.2 Å². The first kappa shape index (κ1) is 11.9. The van der Waals surface area contributed by atoms with Gasteiger partial charge in [-0.2, -0.15) is 0 Å². The lowest BCUT2D eigenvalue weighted by atomic mass is 9.98. The number of hydrogen-bond donors (Lipinski definition) is 1. The Labute approximate surface area is 90.4 Å². The smallest absolute Gasteiger partial charge is 0.336 e. The quantitative estimate of drug-likeness (QED) is 0.438. The molecule has 1 aliphatic rings. The molecule has 0 bridgehead atoms. The fourth-order valence-electron chi connectivity index (χ4n) is 1.71. The van der Waals surface area contributed by atoms with Crippen LogP contribution in [0.5, 0.6) is 0 Å². The summed E-state index contributed by atoms with van der Waals surface area (Å²) in [6, 6.07) is 0. The summed E-state index contributed by atoms with van der Waals surface area (Å²) >= 11 is 0. The maximum Gasteiger partial charge on any atom is 0.336 e. The first-order chi connectivity index (χ1) is 7.22. The fourth-order valence-corrected chi connectivity index (χ4v) is 1.71. The zero-order valence-corrected chi connectivity index (χ0v) is 9.20. The standard InChI is InChI=1S/C11H19NO3/c1-2-14-10(12)8-11(13)15-9-6-4-3-5-7-9/h8-9H,2-7,12H2,1H3. The zero-order chi connectivity index (χ0) is 11.1. The predicted molar refractivity (Wildman–Crippen MR) is 56.9 cm³/mol. The van der Waals surface area contributed by atoms with Gasteiger partial charge in [-0.25, -0.2) is 4.79 Å². The van der Waals surface area contributed by atoms with Crippen LogP contribution < -0.4 is 5.73 Å². The highest BCUT2D eigenvalue weighted by Gasteiger charge is 2.16. The van der Waals surface area contributed by atoms with Crippen LogP contribution in [0.15, 0.2) is 12.0 Å². The molecule has 2 N–H and O–H groups in total. The van der Waals surface area contributed by atoms with E-state index in [1.165, 1.54) is 12.5 Å². The molecule has 0 saturated heterocycles. The van der Waals surface area contributed by atoms with Gasteiger partial charge in [0.15, 0.2) is 5.88 Å². The first-order valence-corrected chi connectivity index (χ1v) is 5.53. The summed E-state index contributed by atoms with van der Waals surface area (Å²) in [6.07, 6.45) is 6.73. The molecule has 0 unspecified atom stereocenters. The Bertz CT molecular complexity index is 232. The molecular weight excluding hydrogens is 194 g/mol. The van der Waals surface area contributed by atoms with Crippen LogP contribution in [0.2, 0.25) is 0 Å². The summed E-state index contributed by atoms with van der Waals surface area (Å²) in [5.41, 5.74) is 5.43. The summed E-state index contributed by atoms with van der Waals surface area (Å²) in [7, 11) is 0. The van der Waals surface area contributed by atoms with E-state index >= 15 is 0 Å². The monoisotopic (exact) mass is 213 g/mol. The van der Waals surface area contributed by atoms with Crippen molar-refractivity contribution in [2.24, 2.45) is 5.73 Å². The van der Waals surface area contributed by atoms with Crippen LogP contribution in [-0.2, 0) is 14.3 Å². The molecule has 0 aromatic rings. The van der Waals surface area contributed by atoms with Crippen LogP contribution in [-0.4, -0.2) is 18.7 Å². The van der Waals surface area contributed by atoms with Gasteiger partial charge in [-0.15, -0.1) is 0 Å². The summed E-state index contributed by atoms with van der Waals surface area (Å²) in [5, 5.41) is 0. The molecule has 0 radical (unpaired) electrons. The molecule has 15 heavy (non-hydrogen) atoms. The Hall–Kier alpha value is -1.19. The molecule has 1 saturated carbocycles. The number of carbonyl (C=O) groups is 1. The van der Waals surface area contributed by atoms with Gasteiger partial charge in [0, 0.05) is 0 Å². The van der Waals surface area contributed by atoms with Crippen LogP contribution in [0.25, 0.3) is 0 Å². The number of rotatable bonds is 4. The Morgan fingerprint density at radius 1 is 1.40 bits per heavy atom. The minimum atomic E-state index is -0.396. The van der Waals surface area contributed by atoms with Crippen molar-refractivity contribution in [2.75, 3.05) is 6.61 Å². The van der Waals surface area contributed by atoms with Crippen molar-refractivity contribution in [3.05, 3.63) is 12.0 Å². The van der Waals surface area contributed by atoms with E-state index in [1.807, 2.05) is 6.92 Å². The third-order valence-electron chi connectivity index (χ3n) is 2.41. The molecule has 0 heterocycles. The van der Waals surface area contributed by atoms with E-state index in [0.29, 0.717) is 6.61 Å². The van der Waals surface area contributed by atoms with Gasteiger partial charge in [0.25, 0.3) is 0 Å². The van der Waals surface area contributed by atoms with Crippen molar-refractivity contribution in [1.82, 2.24) is 0 Å². The molecule has 0 aliphatic heterocycles. The molecule has 86 valence electrons.